The van der Waals surface area contributed by atoms with Crippen molar-refractivity contribution in [2.24, 2.45) is 5.92 Å². The number of nitrogens with one attached hydrogen (secondary N) is 2. The predicted octanol–water partition coefficient (Wildman–Crippen LogP) is 1.83. The number of unbranched alkanes of at least 4 members (excludes halogenated alkanes) is 1. The number of fused-ring (bicyclic) bond motifs is 1. The van der Waals surface area contributed by atoms with Crippen molar-refractivity contribution in [1.29, 1.82) is 0 Å². The molecule has 2 aromatic rings. The summed E-state index contributed by atoms with van der Waals surface area (Å²) in [5, 5.41) is 11.0. The van der Waals surface area contributed by atoms with Crippen molar-refractivity contribution in [3.05, 3.63) is 24.3 Å². The third-order valence-electron chi connectivity index (χ3n) is 4.03. The van der Waals surface area contributed by atoms with Crippen LogP contribution in [0.5, 0.6) is 0 Å². The molecule has 3 rings (SSSR count). The molecule has 0 radical (unpaired) electrons. The fraction of sp³-hybridized carbons (Fsp3) is 0.438. The van der Waals surface area contributed by atoms with Crippen LogP contribution in [-0.4, -0.2) is 35.1 Å². The number of anilines is 1. The van der Waals surface area contributed by atoms with E-state index >= 15 is 0 Å². The fourth-order valence-corrected chi connectivity index (χ4v) is 2.78. The molecular weight excluding hydrogens is 280 g/mol. The molecule has 0 spiro atoms. The van der Waals surface area contributed by atoms with Crippen molar-refractivity contribution in [1.82, 2.24) is 15.5 Å². The van der Waals surface area contributed by atoms with E-state index in [9.17, 15) is 9.59 Å². The molecule has 0 bridgehead atoms. The van der Waals surface area contributed by atoms with Gasteiger partial charge in [0.15, 0.2) is 5.82 Å². The van der Waals surface area contributed by atoms with E-state index in [1.807, 2.05) is 24.3 Å². The van der Waals surface area contributed by atoms with E-state index in [0.717, 1.165) is 23.7 Å². The van der Waals surface area contributed by atoms with E-state index in [4.69, 9.17) is 0 Å². The largest absolute Gasteiger partial charge is 0.356 e. The van der Waals surface area contributed by atoms with Gasteiger partial charge in [0.1, 0.15) is 0 Å². The number of aromatic amines is 1. The summed E-state index contributed by atoms with van der Waals surface area (Å²) in [5.41, 5.74) is 0.890. The Bertz CT molecular complexity index is 694. The molecule has 1 saturated heterocycles. The molecular formula is C16H20N4O2. The smallest absolute Gasteiger partial charge is 0.229 e. The maximum atomic E-state index is 12.3. The van der Waals surface area contributed by atoms with E-state index in [0.29, 0.717) is 18.9 Å². The fourth-order valence-electron chi connectivity index (χ4n) is 2.78. The van der Waals surface area contributed by atoms with Gasteiger partial charge in [-0.1, -0.05) is 25.5 Å². The highest BCUT2D eigenvalue weighted by Crippen LogP contribution is 2.29. The Morgan fingerprint density at radius 3 is 3.09 bits per heavy atom. The van der Waals surface area contributed by atoms with E-state index in [-0.39, 0.29) is 24.2 Å². The van der Waals surface area contributed by atoms with Crippen LogP contribution in [0.15, 0.2) is 24.3 Å². The summed E-state index contributed by atoms with van der Waals surface area (Å²) in [6, 6.07) is 7.67. The first-order valence-electron chi connectivity index (χ1n) is 7.72. The van der Waals surface area contributed by atoms with Crippen LogP contribution in [0.4, 0.5) is 5.82 Å². The first-order valence-corrected chi connectivity index (χ1v) is 7.72. The summed E-state index contributed by atoms with van der Waals surface area (Å²) in [5.74, 6) is 0.237. The third-order valence-corrected chi connectivity index (χ3v) is 4.03. The average molecular weight is 300 g/mol. The van der Waals surface area contributed by atoms with Gasteiger partial charge in [-0.2, -0.15) is 5.10 Å². The summed E-state index contributed by atoms with van der Waals surface area (Å²) >= 11 is 0. The van der Waals surface area contributed by atoms with E-state index in [1.54, 1.807) is 4.90 Å². The van der Waals surface area contributed by atoms with Gasteiger partial charge in [0.25, 0.3) is 0 Å². The molecule has 1 atom stereocenters. The van der Waals surface area contributed by atoms with Crippen LogP contribution >= 0.6 is 0 Å². The van der Waals surface area contributed by atoms with Gasteiger partial charge in [0, 0.05) is 24.9 Å². The molecule has 1 fully saturated rings. The molecule has 2 heterocycles. The molecule has 2 amide bonds. The van der Waals surface area contributed by atoms with Crippen LogP contribution in [0.1, 0.15) is 26.2 Å². The van der Waals surface area contributed by atoms with Crippen molar-refractivity contribution in [3.63, 3.8) is 0 Å². The van der Waals surface area contributed by atoms with Crippen molar-refractivity contribution >= 4 is 28.5 Å². The summed E-state index contributed by atoms with van der Waals surface area (Å²) < 4.78 is 0. The average Bonchev–Trinajstić information content (AvgIpc) is 3.10. The second kappa shape index (κ2) is 6.17. The lowest BCUT2D eigenvalue weighted by Gasteiger charge is -2.14. The number of benzene rings is 1. The van der Waals surface area contributed by atoms with Gasteiger partial charge in [-0.05, 0) is 18.6 Å². The molecule has 0 saturated carbocycles. The van der Waals surface area contributed by atoms with Crippen LogP contribution in [0.3, 0.4) is 0 Å². The van der Waals surface area contributed by atoms with Gasteiger partial charge < -0.3 is 5.32 Å². The highest BCUT2D eigenvalue weighted by atomic mass is 16.2. The molecule has 0 unspecified atom stereocenters. The standard InChI is InChI=1S/C16H20N4O2/c1-2-3-8-17-16(22)11-9-14(21)20(10-11)15-12-6-4-5-7-13(12)18-19-15/h4-7,11H,2-3,8-10H2,1H3,(H,17,22)(H,18,19)/t11-/m0/s1. The molecule has 1 aliphatic heterocycles. The van der Waals surface area contributed by atoms with Crippen LogP contribution in [0.2, 0.25) is 0 Å². The number of amides is 2. The number of carbonyl (C=O) groups is 2. The quantitative estimate of drug-likeness (QED) is 0.827. The minimum Gasteiger partial charge on any atom is -0.356 e. The Balaban J connectivity index is 1.73. The van der Waals surface area contributed by atoms with Gasteiger partial charge in [-0.3, -0.25) is 19.6 Å². The molecule has 2 N–H and O–H groups in total. The highest BCUT2D eigenvalue weighted by molar-refractivity contribution is 6.05. The number of nitrogens with zero attached hydrogens (tertiary/aromatic N) is 2. The number of H-pyrrole nitrogens is 1. The second-order valence-electron chi connectivity index (χ2n) is 5.64. The molecule has 22 heavy (non-hydrogen) atoms. The zero-order chi connectivity index (χ0) is 15.5. The first kappa shape index (κ1) is 14.6. The Morgan fingerprint density at radius 1 is 1.45 bits per heavy atom. The van der Waals surface area contributed by atoms with Crippen molar-refractivity contribution < 1.29 is 9.59 Å². The number of aromatic nitrogens is 2. The number of hydrogen-bond acceptors (Lipinski definition) is 3. The molecule has 6 nitrogen and oxygen atoms in total. The Morgan fingerprint density at radius 2 is 2.27 bits per heavy atom. The van der Waals surface area contributed by atoms with Crippen LogP contribution in [-0.2, 0) is 9.59 Å². The normalized spacial score (nSPS) is 18.1. The molecule has 1 aromatic carbocycles. The SMILES string of the molecule is CCCCNC(=O)[C@H]1CC(=O)N(c2n[nH]c3ccccc23)C1. The molecule has 6 heteroatoms. The predicted molar refractivity (Wildman–Crippen MR) is 84.5 cm³/mol. The molecule has 1 aliphatic rings. The maximum absolute atomic E-state index is 12.3. The monoisotopic (exact) mass is 300 g/mol. The topological polar surface area (TPSA) is 78.1 Å². The Labute approximate surface area is 128 Å². The zero-order valence-electron chi connectivity index (χ0n) is 12.6. The number of rotatable bonds is 5. The molecule has 0 aliphatic carbocycles. The third kappa shape index (κ3) is 2.68. The first-order chi connectivity index (χ1) is 10.7. The van der Waals surface area contributed by atoms with E-state index in [1.165, 1.54) is 0 Å². The Kier molecular flexibility index (Phi) is 4.09. The van der Waals surface area contributed by atoms with Crippen LogP contribution < -0.4 is 10.2 Å². The molecule has 1 aromatic heterocycles. The molecule has 116 valence electrons. The van der Waals surface area contributed by atoms with Crippen molar-refractivity contribution in [2.45, 2.75) is 26.2 Å². The van der Waals surface area contributed by atoms with Gasteiger partial charge in [0.2, 0.25) is 11.8 Å². The van der Waals surface area contributed by atoms with Crippen molar-refractivity contribution in [3.8, 4) is 0 Å². The van der Waals surface area contributed by atoms with Gasteiger partial charge in [-0.25, -0.2) is 0 Å². The summed E-state index contributed by atoms with van der Waals surface area (Å²) in [4.78, 5) is 26.0. The second-order valence-corrected chi connectivity index (χ2v) is 5.64. The number of para-hydroxylation sites is 1. The maximum Gasteiger partial charge on any atom is 0.229 e. The summed E-state index contributed by atoms with van der Waals surface area (Å²) in [6.45, 7) is 3.15. The van der Waals surface area contributed by atoms with Crippen LogP contribution in [0.25, 0.3) is 10.9 Å². The minimum atomic E-state index is -0.292. The number of carbonyl (C=O) groups excluding carboxylic acids is 2. The lowest BCUT2D eigenvalue weighted by atomic mass is 10.1. The van der Waals surface area contributed by atoms with E-state index in [2.05, 4.69) is 22.4 Å². The van der Waals surface area contributed by atoms with E-state index < -0.39 is 0 Å². The lowest BCUT2D eigenvalue weighted by Crippen LogP contribution is -2.33. The lowest BCUT2D eigenvalue weighted by molar-refractivity contribution is -0.126. The highest BCUT2D eigenvalue weighted by Gasteiger charge is 2.36. The van der Waals surface area contributed by atoms with Gasteiger partial charge >= 0.3 is 0 Å². The van der Waals surface area contributed by atoms with Crippen molar-refractivity contribution in [2.75, 3.05) is 18.0 Å². The minimum absolute atomic E-state index is 0.0378. The Hall–Kier alpha value is -2.37. The summed E-state index contributed by atoms with van der Waals surface area (Å²) in [7, 11) is 0. The summed E-state index contributed by atoms with van der Waals surface area (Å²) in [6.07, 6.45) is 2.24. The van der Waals surface area contributed by atoms with Gasteiger partial charge in [-0.15, -0.1) is 0 Å². The zero-order valence-corrected chi connectivity index (χ0v) is 12.6. The van der Waals surface area contributed by atoms with Crippen LogP contribution in [0, 0.1) is 5.92 Å². The van der Waals surface area contributed by atoms with Gasteiger partial charge in [0.05, 0.1) is 11.4 Å². The number of hydrogen-bond donors (Lipinski definition) is 2.